The molecule has 1 unspecified atom stereocenters. The first-order chi connectivity index (χ1) is 15.0. The third kappa shape index (κ3) is 3.00. The molecule has 1 aromatic carbocycles. The number of amides is 2. The van der Waals surface area contributed by atoms with Crippen LogP contribution in [0.4, 0.5) is 18.9 Å². The first-order valence-corrected chi connectivity index (χ1v) is 11.4. The fourth-order valence-electron chi connectivity index (χ4n) is 4.26. The van der Waals surface area contributed by atoms with Crippen LogP contribution in [0.5, 0.6) is 0 Å². The molecule has 5 rings (SSSR count). The Morgan fingerprint density at radius 3 is 2.56 bits per heavy atom. The minimum absolute atomic E-state index is 0.00187. The molecule has 0 aliphatic carbocycles. The molecule has 0 spiro atoms. The van der Waals surface area contributed by atoms with Crippen LogP contribution in [0.3, 0.4) is 0 Å². The van der Waals surface area contributed by atoms with Gasteiger partial charge in [-0.25, -0.2) is 23.0 Å². The van der Waals surface area contributed by atoms with Gasteiger partial charge in [-0.3, -0.25) is 9.59 Å². The molecule has 8 nitrogen and oxygen atoms in total. The fraction of sp³-hybridized carbons (Fsp3) is 0.300. The number of benzene rings is 1. The summed E-state index contributed by atoms with van der Waals surface area (Å²) in [4.78, 5) is 31.1. The van der Waals surface area contributed by atoms with Gasteiger partial charge in [-0.2, -0.15) is 18.3 Å². The number of alkyl halides is 3. The van der Waals surface area contributed by atoms with Gasteiger partial charge in [0.15, 0.2) is 15.5 Å². The van der Waals surface area contributed by atoms with Crippen LogP contribution in [-0.2, 0) is 16.0 Å². The second-order valence-electron chi connectivity index (χ2n) is 7.83. The summed E-state index contributed by atoms with van der Waals surface area (Å²) in [6.07, 6.45) is -3.10. The van der Waals surface area contributed by atoms with Crippen molar-refractivity contribution in [2.75, 3.05) is 16.4 Å². The van der Waals surface area contributed by atoms with Crippen molar-refractivity contribution < 1.29 is 31.2 Å². The largest absolute Gasteiger partial charge is 0.416 e. The van der Waals surface area contributed by atoms with Gasteiger partial charge in [-0.15, -0.1) is 0 Å². The number of carbonyl (C=O) groups is 2. The number of anilines is 1. The third-order valence-electron chi connectivity index (χ3n) is 5.73. The van der Waals surface area contributed by atoms with Crippen LogP contribution in [0.15, 0.2) is 30.5 Å². The van der Waals surface area contributed by atoms with Crippen LogP contribution in [0.1, 0.15) is 44.4 Å². The van der Waals surface area contributed by atoms with Crippen LogP contribution in [-0.4, -0.2) is 46.5 Å². The minimum Gasteiger partial charge on any atom is -0.268 e. The van der Waals surface area contributed by atoms with Crippen molar-refractivity contribution in [3.8, 4) is 0 Å². The molecule has 2 aliphatic rings. The Morgan fingerprint density at radius 2 is 1.91 bits per heavy atom. The Labute approximate surface area is 179 Å². The van der Waals surface area contributed by atoms with E-state index in [2.05, 4.69) is 10.1 Å². The lowest BCUT2D eigenvalue weighted by molar-refractivity contribution is -0.137. The number of sulfone groups is 1. The second-order valence-corrected chi connectivity index (χ2v) is 10.1. The number of nitrogens with zero attached hydrogens (tertiary/aromatic N) is 4. The Morgan fingerprint density at radius 1 is 1.16 bits per heavy atom. The van der Waals surface area contributed by atoms with Crippen LogP contribution in [0.25, 0.3) is 11.0 Å². The highest BCUT2D eigenvalue weighted by molar-refractivity contribution is 7.91. The van der Waals surface area contributed by atoms with Crippen LogP contribution >= 0.6 is 0 Å². The first-order valence-electron chi connectivity index (χ1n) is 9.62. The summed E-state index contributed by atoms with van der Waals surface area (Å²) in [5.74, 6) is -1.65. The average Bonchev–Trinajstić information content (AvgIpc) is 3.33. The number of aromatic nitrogens is 3. The van der Waals surface area contributed by atoms with E-state index in [1.807, 2.05) is 0 Å². The van der Waals surface area contributed by atoms with Crippen molar-refractivity contribution in [3.63, 3.8) is 0 Å². The number of pyridine rings is 1. The number of hydrogen-bond donors (Lipinski definition) is 0. The molecule has 1 saturated heterocycles. The topological polar surface area (TPSA) is 102 Å². The zero-order valence-electron chi connectivity index (χ0n) is 16.5. The quantitative estimate of drug-likeness (QED) is 0.541. The van der Waals surface area contributed by atoms with E-state index in [-0.39, 0.29) is 34.0 Å². The molecule has 0 saturated carbocycles. The zero-order valence-corrected chi connectivity index (χ0v) is 17.4. The van der Waals surface area contributed by atoms with Crippen LogP contribution in [0.2, 0.25) is 0 Å². The number of rotatable bonds is 2. The van der Waals surface area contributed by atoms with Gasteiger partial charge < -0.3 is 0 Å². The summed E-state index contributed by atoms with van der Waals surface area (Å²) in [5.41, 5.74) is -0.591. The van der Waals surface area contributed by atoms with Gasteiger partial charge in [-0.05, 0) is 31.5 Å². The van der Waals surface area contributed by atoms with E-state index in [9.17, 15) is 31.2 Å². The Hall–Kier alpha value is -3.28. The lowest BCUT2D eigenvalue weighted by Gasteiger charge is -2.16. The van der Waals surface area contributed by atoms with Gasteiger partial charge in [0.1, 0.15) is 0 Å². The normalized spacial score (nSPS) is 20.4. The standard InChI is InChI=1S/C20H15F3N4O4S/c1-10-15-16-14(8-24-17(15)27(25-10)13-5-6-32(30,31)9-13)18(28)26(19(16)29)12-4-2-3-11(7-12)20(21,22)23/h2-4,7-8,13H,5-6,9H2,1H3. The average molecular weight is 464 g/mol. The van der Waals surface area contributed by atoms with Gasteiger partial charge in [0.2, 0.25) is 0 Å². The van der Waals surface area contributed by atoms with Crippen molar-refractivity contribution in [3.05, 3.63) is 52.8 Å². The second kappa shape index (κ2) is 6.61. The molecule has 1 fully saturated rings. The van der Waals surface area contributed by atoms with Gasteiger partial charge in [-0.1, -0.05) is 6.07 Å². The predicted molar refractivity (Wildman–Crippen MR) is 107 cm³/mol. The number of fused-ring (bicyclic) bond motifs is 3. The number of hydrogen-bond acceptors (Lipinski definition) is 6. The van der Waals surface area contributed by atoms with Gasteiger partial charge >= 0.3 is 6.18 Å². The molecule has 2 amide bonds. The van der Waals surface area contributed by atoms with E-state index < -0.39 is 39.4 Å². The molecule has 12 heteroatoms. The molecule has 0 bridgehead atoms. The summed E-state index contributed by atoms with van der Waals surface area (Å²) in [7, 11) is -3.20. The molecule has 3 aromatic rings. The maximum absolute atomic E-state index is 13.2. The molecular weight excluding hydrogens is 449 g/mol. The van der Waals surface area contributed by atoms with E-state index in [1.165, 1.54) is 16.9 Å². The van der Waals surface area contributed by atoms with E-state index in [1.54, 1.807) is 6.92 Å². The Bertz CT molecular complexity index is 1430. The number of imide groups is 1. The number of carbonyl (C=O) groups excluding carboxylic acids is 2. The number of aryl methyl sites for hydroxylation is 1. The maximum Gasteiger partial charge on any atom is 0.416 e. The van der Waals surface area contributed by atoms with Gasteiger partial charge in [0.05, 0.1) is 51.0 Å². The highest BCUT2D eigenvalue weighted by atomic mass is 32.2. The Balaban J connectivity index is 1.63. The van der Waals surface area contributed by atoms with E-state index >= 15 is 0 Å². The van der Waals surface area contributed by atoms with Crippen molar-refractivity contribution in [1.29, 1.82) is 0 Å². The molecule has 4 heterocycles. The van der Waals surface area contributed by atoms with E-state index in [0.29, 0.717) is 22.4 Å². The Kier molecular flexibility index (Phi) is 4.26. The van der Waals surface area contributed by atoms with Crippen LogP contribution in [0, 0.1) is 6.92 Å². The van der Waals surface area contributed by atoms with Crippen molar-refractivity contribution >= 4 is 38.4 Å². The molecule has 2 aliphatic heterocycles. The molecule has 166 valence electrons. The monoisotopic (exact) mass is 464 g/mol. The zero-order chi connectivity index (χ0) is 23.0. The van der Waals surface area contributed by atoms with E-state index in [4.69, 9.17) is 0 Å². The highest BCUT2D eigenvalue weighted by Crippen LogP contribution is 2.37. The lowest BCUT2D eigenvalue weighted by atomic mass is 10.1. The fourth-order valence-corrected chi connectivity index (χ4v) is 5.96. The first kappa shape index (κ1) is 20.6. The molecule has 32 heavy (non-hydrogen) atoms. The van der Waals surface area contributed by atoms with Crippen molar-refractivity contribution in [2.24, 2.45) is 0 Å². The third-order valence-corrected chi connectivity index (χ3v) is 7.48. The summed E-state index contributed by atoms with van der Waals surface area (Å²) < 4.78 is 64.6. The van der Waals surface area contributed by atoms with Gasteiger partial charge in [0.25, 0.3) is 11.8 Å². The smallest absolute Gasteiger partial charge is 0.268 e. The molecular formula is C20H15F3N4O4S. The summed E-state index contributed by atoms with van der Waals surface area (Å²) in [6.45, 7) is 1.61. The molecule has 0 N–H and O–H groups in total. The summed E-state index contributed by atoms with van der Waals surface area (Å²) in [6, 6.07) is 3.52. The van der Waals surface area contributed by atoms with Crippen LogP contribution < -0.4 is 4.90 Å². The highest BCUT2D eigenvalue weighted by Gasteiger charge is 2.42. The maximum atomic E-state index is 13.2. The minimum atomic E-state index is -4.64. The summed E-state index contributed by atoms with van der Waals surface area (Å²) in [5, 5.41) is 4.67. The molecule has 2 aromatic heterocycles. The molecule has 0 radical (unpaired) electrons. The van der Waals surface area contributed by atoms with Gasteiger partial charge in [0, 0.05) is 6.20 Å². The van der Waals surface area contributed by atoms with Crippen molar-refractivity contribution in [1.82, 2.24) is 14.8 Å². The predicted octanol–water partition coefficient (Wildman–Crippen LogP) is 2.92. The lowest BCUT2D eigenvalue weighted by Crippen LogP contribution is -2.29. The molecule has 1 atom stereocenters. The summed E-state index contributed by atoms with van der Waals surface area (Å²) >= 11 is 0. The number of halogens is 3. The SMILES string of the molecule is Cc1nn(C2CCS(=O)(=O)C2)c2ncc3c(c12)C(=O)N(c1cccc(C(F)(F)F)c1)C3=O. The van der Waals surface area contributed by atoms with E-state index in [0.717, 1.165) is 18.2 Å². The van der Waals surface area contributed by atoms with Crippen molar-refractivity contribution in [2.45, 2.75) is 25.6 Å².